The van der Waals surface area contributed by atoms with Gasteiger partial charge in [0.05, 0.1) is 16.6 Å². The summed E-state index contributed by atoms with van der Waals surface area (Å²) < 4.78 is 4.62. The fourth-order valence-electron chi connectivity index (χ4n) is 5.75. The Balaban J connectivity index is 1.49. The summed E-state index contributed by atoms with van der Waals surface area (Å²) in [6, 6.07) is 39.6. The molecule has 2 heterocycles. The number of fused-ring (bicyclic) bond motifs is 5. The summed E-state index contributed by atoms with van der Waals surface area (Å²) in [6.07, 6.45) is 10.2. The normalized spacial score (nSPS) is 12.4. The summed E-state index contributed by atoms with van der Waals surface area (Å²) in [7, 11) is 0. The molecule has 0 saturated heterocycles. The average molecular weight is 501 g/mol. The van der Waals surface area contributed by atoms with Crippen molar-refractivity contribution in [2.24, 2.45) is 0 Å². The molecular weight excluding hydrogens is 472 g/mol. The van der Waals surface area contributed by atoms with Gasteiger partial charge in [-0.2, -0.15) is 0 Å². The van der Waals surface area contributed by atoms with Gasteiger partial charge in [0, 0.05) is 33.7 Å². The van der Waals surface area contributed by atoms with E-state index in [1.807, 2.05) is 19.1 Å². The molecule has 0 aliphatic rings. The van der Waals surface area contributed by atoms with Crippen molar-refractivity contribution in [1.29, 1.82) is 0 Å². The third kappa shape index (κ3) is 3.81. The Morgan fingerprint density at radius 3 is 2.26 bits per heavy atom. The first-order valence-electron chi connectivity index (χ1n) is 13.3. The van der Waals surface area contributed by atoms with Gasteiger partial charge >= 0.3 is 0 Å². The van der Waals surface area contributed by atoms with E-state index in [-0.39, 0.29) is 0 Å². The molecule has 0 aliphatic heterocycles. The third-order valence-corrected chi connectivity index (χ3v) is 7.60. The largest absolute Gasteiger partial charge is 0.317 e. The third-order valence-electron chi connectivity index (χ3n) is 7.60. The van der Waals surface area contributed by atoms with Crippen LogP contribution in [0.15, 0.2) is 146 Å². The smallest absolute Gasteiger partial charge is 0.0547 e. The van der Waals surface area contributed by atoms with Gasteiger partial charge in [0.1, 0.15) is 0 Å². The van der Waals surface area contributed by atoms with Crippen molar-refractivity contribution >= 4 is 49.2 Å². The van der Waals surface area contributed by atoms with Crippen LogP contribution in [0, 0.1) is 0 Å². The van der Waals surface area contributed by atoms with Crippen molar-refractivity contribution in [3.63, 3.8) is 0 Å². The lowest BCUT2D eigenvalue weighted by Gasteiger charge is -2.11. The van der Waals surface area contributed by atoms with Crippen molar-refractivity contribution in [2.45, 2.75) is 6.92 Å². The van der Waals surface area contributed by atoms with Gasteiger partial charge < -0.3 is 9.13 Å². The number of benzene rings is 5. The summed E-state index contributed by atoms with van der Waals surface area (Å²) in [4.78, 5) is 0. The molecule has 186 valence electrons. The number of hydrogen-bond donors (Lipinski definition) is 0. The standard InChI is InChI=1S/C37H28N2/c1-3-5-15-31(4-2)38-20-19-28-21-29-25-37-34(23-30(29)24-36(28)38)33-17-9-10-18-35(33)39(37)32-16-11-14-27(22-32)26-12-7-6-8-13-26/h3-25H,2H2,1H3/b5-3-,31-15+. The SMILES string of the molecule is C=C/C(=C\C=C/C)n1ccc2cc3cc4c(cc3cc21)c1ccccc1n4-c1cccc(-c2ccccc2)c1. The summed E-state index contributed by atoms with van der Waals surface area (Å²) in [5.41, 5.74) is 8.26. The van der Waals surface area contributed by atoms with Crippen LogP contribution >= 0.6 is 0 Å². The zero-order chi connectivity index (χ0) is 26.3. The highest BCUT2D eigenvalue weighted by Gasteiger charge is 2.15. The van der Waals surface area contributed by atoms with Crippen LogP contribution in [0.3, 0.4) is 0 Å². The van der Waals surface area contributed by atoms with Crippen molar-refractivity contribution in [3.05, 3.63) is 146 Å². The van der Waals surface area contributed by atoms with Gasteiger partial charge in [-0.3, -0.25) is 0 Å². The number of rotatable bonds is 5. The first kappa shape index (κ1) is 23.1. The van der Waals surface area contributed by atoms with Crippen molar-refractivity contribution < 1.29 is 0 Å². The molecule has 0 spiro atoms. The van der Waals surface area contributed by atoms with Crippen molar-refractivity contribution in [2.75, 3.05) is 0 Å². The maximum atomic E-state index is 4.05. The van der Waals surface area contributed by atoms with E-state index >= 15 is 0 Å². The summed E-state index contributed by atoms with van der Waals surface area (Å²) in [6.45, 7) is 6.07. The minimum Gasteiger partial charge on any atom is -0.317 e. The highest BCUT2D eigenvalue weighted by Crippen LogP contribution is 2.37. The van der Waals surface area contributed by atoms with Crippen LogP contribution in [0.25, 0.3) is 66.0 Å². The van der Waals surface area contributed by atoms with E-state index in [0.717, 1.165) is 5.70 Å². The lowest BCUT2D eigenvalue weighted by molar-refractivity contribution is 1.18. The second-order valence-corrected chi connectivity index (χ2v) is 9.90. The van der Waals surface area contributed by atoms with E-state index in [1.165, 1.54) is 60.3 Å². The minimum atomic E-state index is 1.05. The van der Waals surface area contributed by atoms with Crippen LogP contribution in [0.5, 0.6) is 0 Å². The van der Waals surface area contributed by atoms with Crippen LogP contribution < -0.4 is 0 Å². The Kier molecular flexibility index (Phi) is 5.53. The molecule has 0 atom stereocenters. The van der Waals surface area contributed by atoms with Crippen LogP contribution in [-0.4, -0.2) is 9.13 Å². The molecule has 0 aliphatic carbocycles. The summed E-state index contributed by atoms with van der Waals surface area (Å²) >= 11 is 0. The molecule has 0 fully saturated rings. The predicted molar refractivity (Wildman–Crippen MR) is 169 cm³/mol. The topological polar surface area (TPSA) is 9.86 Å². The van der Waals surface area contributed by atoms with Gasteiger partial charge in [-0.25, -0.2) is 0 Å². The zero-order valence-corrected chi connectivity index (χ0v) is 21.9. The van der Waals surface area contributed by atoms with E-state index in [1.54, 1.807) is 0 Å². The van der Waals surface area contributed by atoms with Crippen molar-refractivity contribution in [1.82, 2.24) is 9.13 Å². The summed E-state index contributed by atoms with van der Waals surface area (Å²) in [5, 5.41) is 6.19. The fourth-order valence-corrected chi connectivity index (χ4v) is 5.75. The van der Waals surface area contributed by atoms with Gasteiger partial charge in [0.25, 0.3) is 0 Å². The van der Waals surface area contributed by atoms with Gasteiger partial charge in [-0.15, -0.1) is 0 Å². The zero-order valence-electron chi connectivity index (χ0n) is 21.9. The molecule has 2 nitrogen and oxygen atoms in total. The molecule has 2 heteroatoms. The monoisotopic (exact) mass is 500 g/mol. The van der Waals surface area contributed by atoms with Crippen LogP contribution in [-0.2, 0) is 0 Å². The number of aromatic nitrogens is 2. The fraction of sp³-hybridized carbons (Fsp3) is 0.0270. The van der Waals surface area contributed by atoms with E-state index in [9.17, 15) is 0 Å². The maximum Gasteiger partial charge on any atom is 0.0547 e. The van der Waals surface area contributed by atoms with Gasteiger partial charge in [-0.05, 0) is 89.5 Å². The minimum absolute atomic E-state index is 1.05. The molecule has 0 unspecified atom stereocenters. The molecular formula is C37H28N2. The molecule has 5 aromatic carbocycles. The Labute approximate surface area is 228 Å². The highest BCUT2D eigenvalue weighted by atomic mass is 15.0. The lowest BCUT2D eigenvalue weighted by atomic mass is 10.0. The van der Waals surface area contributed by atoms with Gasteiger partial charge in [-0.1, -0.05) is 79.4 Å². The van der Waals surface area contributed by atoms with Crippen LogP contribution in [0.1, 0.15) is 6.92 Å². The molecule has 0 N–H and O–H groups in total. The number of para-hydroxylation sites is 1. The Bertz CT molecular complexity index is 2080. The Hall–Kier alpha value is -5.08. The quantitative estimate of drug-likeness (QED) is 0.208. The molecule has 39 heavy (non-hydrogen) atoms. The van der Waals surface area contributed by atoms with E-state index in [0.29, 0.717) is 0 Å². The average Bonchev–Trinajstić information content (AvgIpc) is 3.54. The molecule has 7 rings (SSSR count). The molecule has 0 bridgehead atoms. The van der Waals surface area contributed by atoms with Crippen LogP contribution in [0.2, 0.25) is 0 Å². The van der Waals surface area contributed by atoms with Gasteiger partial charge in [0.15, 0.2) is 0 Å². The first-order valence-corrected chi connectivity index (χ1v) is 13.3. The Morgan fingerprint density at radius 1 is 0.641 bits per heavy atom. The molecule has 0 radical (unpaired) electrons. The number of allylic oxidation sites excluding steroid dienone is 5. The lowest BCUT2D eigenvalue weighted by Crippen LogP contribution is -1.94. The van der Waals surface area contributed by atoms with Crippen molar-refractivity contribution in [3.8, 4) is 16.8 Å². The second-order valence-electron chi connectivity index (χ2n) is 9.90. The van der Waals surface area contributed by atoms with E-state index in [4.69, 9.17) is 0 Å². The maximum absolute atomic E-state index is 4.05. The molecule has 2 aromatic heterocycles. The second kappa shape index (κ2) is 9.34. The van der Waals surface area contributed by atoms with Crippen LogP contribution in [0.4, 0.5) is 0 Å². The Morgan fingerprint density at radius 2 is 1.41 bits per heavy atom. The number of hydrogen-bond acceptors (Lipinski definition) is 0. The highest BCUT2D eigenvalue weighted by molar-refractivity contribution is 6.15. The first-order chi connectivity index (χ1) is 19.2. The number of nitrogens with zero attached hydrogens (tertiary/aromatic N) is 2. The van der Waals surface area contributed by atoms with Gasteiger partial charge in [0.2, 0.25) is 0 Å². The van der Waals surface area contributed by atoms with E-state index < -0.39 is 0 Å². The summed E-state index contributed by atoms with van der Waals surface area (Å²) in [5.74, 6) is 0. The molecule has 7 aromatic rings. The molecule has 0 saturated carbocycles. The predicted octanol–water partition coefficient (Wildman–Crippen LogP) is 10.2. The van der Waals surface area contributed by atoms with E-state index in [2.05, 4.69) is 143 Å². The molecule has 0 amide bonds.